The maximum atomic E-state index is 12.1. The highest BCUT2D eigenvalue weighted by Crippen LogP contribution is 2.25. The lowest BCUT2D eigenvalue weighted by atomic mass is 10.0. The summed E-state index contributed by atoms with van der Waals surface area (Å²) in [5.41, 5.74) is 3.16. The zero-order valence-electron chi connectivity index (χ0n) is 15.1. The van der Waals surface area contributed by atoms with E-state index in [1.807, 2.05) is 37.4 Å². The summed E-state index contributed by atoms with van der Waals surface area (Å²) in [6.45, 7) is 3.36. The standard InChI is InChI=1S/C18H21N3O3.CH3Cl/c1-21(8-10-24-11-9-21)13-18(23)20-19-12-16-15-5-3-2-4-14(15)6-7-17(16)22;1-2/h2-7,12H,8-11,13H2,1H3,(H-,19,20,22,23);1H3/p+1. The van der Waals surface area contributed by atoms with Crippen LogP contribution in [0, 0.1) is 0 Å². The number of nitrogens with one attached hydrogen (secondary N) is 1. The van der Waals surface area contributed by atoms with Gasteiger partial charge in [0.2, 0.25) is 0 Å². The van der Waals surface area contributed by atoms with Crippen LogP contribution in [0.2, 0.25) is 0 Å². The van der Waals surface area contributed by atoms with Crippen LogP contribution in [0.5, 0.6) is 5.75 Å². The van der Waals surface area contributed by atoms with E-state index in [0.29, 0.717) is 29.8 Å². The minimum Gasteiger partial charge on any atom is -0.507 e. The third kappa shape index (κ3) is 5.17. The van der Waals surface area contributed by atoms with E-state index in [0.717, 1.165) is 23.9 Å². The number of morpholine rings is 1. The summed E-state index contributed by atoms with van der Waals surface area (Å²) in [4.78, 5) is 12.1. The van der Waals surface area contributed by atoms with E-state index in [2.05, 4.69) is 22.1 Å². The molecule has 1 heterocycles. The van der Waals surface area contributed by atoms with Gasteiger partial charge in [-0.15, -0.1) is 11.6 Å². The van der Waals surface area contributed by atoms with Gasteiger partial charge in [-0.25, -0.2) is 5.43 Å². The van der Waals surface area contributed by atoms with Gasteiger partial charge in [0.15, 0.2) is 6.54 Å². The molecule has 0 aliphatic carbocycles. The Bertz CT molecular complexity index is 774. The van der Waals surface area contributed by atoms with Crippen LogP contribution in [0.25, 0.3) is 10.8 Å². The molecule has 1 aliphatic heterocycles. The Morgan fingerprint density at radius 3 is 2.69 bits per heavy atom. The fourth-order valence-corrected chi connectivity index (χ4v) is 2.91. The lowest BCUT2D eigenvalue weighted by Crippen LogP contribution is -2.55. The number of likely N-dealkylation sites (N-methyl/N-ethyl adjacent to an activating group) is 1. The number of hydrogen-bond acceptors (Lipinski definition) is 4. The molecular weight excluding hydrogens is 354 g/mol. The highest BCUT2D eigenvalue weighted by Gasteiger charge is 2.27. The molecule has 7 heteroatoms. The smallest absolute Gasteiger partial charge is 0.295 e. The molecule has 26 heavy (non-hydrogen) atoms. The molecule has 0 atom stereocenters. The fourth-order valence-electron chi connectivity index (χ4n) is 2.91. The number of amides is 1. The number of ether oxygens (including phenoxy) is 1. The second-order valence-electron chi connectivity index (χ2n) is 6.35. The Hall–Kier alpha value is -2.15. The van der Waals surface area contributed by atoms with Gasteiger partial charge in [0.05, 0.1) is 26.5 Å². The number of nitrogens with zero attached hydrogens (tertiary/aromatic N) is 2. The van der Waals surface area contributed by atoms with Crippen LogP contribution >= 0.6 is 11.6 Å². The number of fused-ring (bicyclic) bond motifs is 1. The van der Waals surface area contributed by atoms with E-state index < -0.39 is 0 Å². The van der Waals surface area contributed by atoms with Gasteiger partial charge in [-0.2, -0.15) is 5.10 Å². The van der Waals surface area contributed by atoms with Crippen molar-refractivity contribution in [2.45, 2.75) is 0 Å². The number of alkyl halides is 1. The maximum Gasteiger partial charge on any atom is 0.295 e. The maximum absolute atomic E-state index is 12.1. The van der Waals surface area contributed by atoms with Crippen LogP contribution in [0.15, 0.2) is 41.5 Å². The minimum atomic E-state index is -0.143. The molecule has 0 saturated carbocycles. The van der Waals surface area contributed by atoms with Crippen LogP contribution < -0.4 is 5.43 Å². The van der Waals surface area contributed by atoms with Gasteiger partial charge in [0, 0.05) is 11.9 Å². The van der Waals surface area contributed by atoms with Crippen molar-refractivity contribution in [1.82, 2.24) is 5.43 Å². The van der Waals surface area contributed by atoms with E-state index in [4.69, 9.17) is 4.74 Å². The molecule has 0 aromatic heterocycles. The van der Waals surface area contributed by atoms with E-state index in [-0.39, 0.29) is 11.7 Å². The molecule has 2 aromatic rings. The van der Waals surface area contributed by atoms with E-state index in [9.17, 15) is 9.90 Å². The Labute approximate surface area is 158 Å². The number of quaternary nitrogens is 1. The summed E-state index contributed by atoms with van der Waals surface area (Å²) in [5.74, 6) is -0.00533. The lowest BCUT2D eigenvalue weighted by Gasteiger charge is -2.36. The Balaban J connectivity index is 0.00000117. The van der Waals surface area contributed by atoms with E-state index >= 15 is 0 Å². The molecule has 0 radical (unpaired) electrons. The molecule has 1 aliphatic rings. The van der Waals surface area contributed by atoms with Crippen molar-refractivity contribution >= 4 is 34.5 Å². The molecule has 0 unspecified atom stereocenters. The lowest BCUT2D eigenvalue weighted by molar-refractivity contribution is -0.909. The van der Waals surface area contributed by atoms with Crippen LogP contribution in [-0.4, -0.2) is 68.0 Å². The molecule has 6 nitrogen and oxygen atoms in total. The SMILES string of the molecule is CCl.C[N+]1(CC(=O)N/N=C/c2c(O)ccc3ccccc23)CCOCC1. The monoisotopic (exact) mass is 378 g/mol. The molecule has 1 fully saturated rings. The van der Waals surface area contributed by atoms with E-state index in [1.54, 1.807) is 6.07 Å². The molecule has 1 saturated heterocycles. The summed E-state index contributed by atoms with van der Waals surface area (Å²) < 4.78 is 5.99. The zero-order chi connectivity index (χ0) is 19.0. The first kappa shape index (κ1) is 20.2. The normalized spacial score (nSPS) is 16.1. The first-order valence-corrected chi connectivity index (χ1v) is 9.15. The average Bonchev–Trinajstić information content (AvgIpc) is 2.65. The topological polar surface area (TPSA) is 70.9 Å². The van der Waals surface area contributed by atoms with Crippen LogP contribution in [0.3, 0.4) is 0 Å². The molecule has 3 rings (SSSR count). The van der Waals surface area contributed by atoms with Gasteiger partial charge in [0.1, 0.15) is 18.8 Å². The Kier molecular flexibility index (Phi) is 7.38. The largest absolute Gasteiger partial charge is 0.507 e. The summed E-state index contributed by atoms with van der Waals surface area (Å²) in [6.07, 6.45) is 2.97. The average molecular weight is 379 g/mol. The number of carbonyl (C=O) groups is 1. The number of rotatable bonds is 4. The van der Waals surface area contributed by atoms with Crippen LogP contribution in [-0.2, 0) is 9.53 Å². The Morgan fingerprint density at radius 1 is 1.27 bits per heavy atom. The first-order chi connectivity index (χ1) is 12.6. The van der Waals surface area contributed by atoms with Crippen molar-refractivity contribution in [2.24, 2.45) is 5.10 Å². The van der Waals surface area contributed by atoms with Gasteiger partial charge in [0.25, 0.3) is 5.91 Å². The summed E-state index contributed by atoms with van der Waals surface area (Å²) >= 11 is 4.64. The van der Waals surface area contributed by atoms with Gasteiger partial charge < -0.3 is 14.3 Å². The number of phenolic OH excluding ortho intramolecular Hbond substituents is 1. The van der Waals surface area contributed by atoms with Crippen molar-refractivity contribution in [3.05, 3.63) is 42.0 Å². The van der Waals surface area contributed by atoms with Crippen molar-refractivity contribution in [1.29, 1.82) is 0 Å². The number of halogens is 1. The molecule has 140 valence electrons. The zero-order valence-corrected chi connectivity index (χ0v) is 15.9. The second kappa shape index (κ2) is 9.52. The third-order valence-electron chi connectivity index (χ3n) is 4.41. The summed E-state index contributed by atoms with van der Waals surface area (Å²) in [7, 11) is 2.04. The van der Waals surface area contributed by atoms with Crippen LogP contribution in [0.1, 0.15) is 5.56 Å². The van der Waals surface area contributed by atoms with Crippen molar-refractivity contribution in [2.75, 3.05) is 46.3 Å². The molecule has 1 amide bonds. The van der Waals surface area contributed by atoms with E-state index in [1.165, 1.54) is 12.6 Å². The third-order valence-corrected chi connectivity index (χ3v) is 4.41. The minimum absolute atomic E-state index is 0.138. The summed E-state index contributed by atoms with van der Waals surface area (Å²) in [5, 5.41) is 16.0. The molecule has 0 spiro atoms. The van der Waals surface area contributed by atoms with Crippen molar-refractivity contribution in [3.63, 3.8) is 0 Å². The van der Waals surface area contributed by atoms with Gasteiger partial charge in [-0.3, -0.25) is 4.79 Å². The molecule has 2 N–H and O–H groups in total. The predicted octanol–water partition coefficient (Wildman–Crippen LogP) is 2.33. The van der Waals surface area contributed by atoms with Gasteiger partial charge in [-0.05, 0) is 16.8 Å². The Morgan fingerprint density at radius 2 is 1.96 bits per heavy atom. The molecular formula is C19H25ClN3O3+. The van der Waals surface area contributed by atoms with Crippen molar-refractivity contribution in [3.8, 4) is 5.75 Å². The molecule has 0 bridgehead atoms. The van der Waals surface area contributed by atoms with Crippen LogP contribution in [0.4, 0.5) is 0 Å². The first-order valence-electron chi connectivity index (χ1n) is 8.39. The highest BCUT2D eigenvalue weighted by atomic mass is 35.5. The number of hydrogen-bond donors (Lipinski definition) is 2. The number of carbonyl (C=O) groups excluding carboxylic acids is 1. The van der Waals surface area contributed by atoms with Gasteiger partial charge in [-0.1, -0.05) is 30.3 Å². The fraction of sp³-hybridized carbons (Fsp3) is 0.368. The van der Waals surface area contributed by atoms with Crippen molar-refractivity contribution < 1.29 is 19.1 Å². The van der Waals surface area contributed by atoms with Gasteiger partial charge >= 0.3 is 0 Å². The molecule has 2 aromatic carbocycles. The highest BCUT2D eigenvalue weighted by molar-refractivity contribution is 6.15. The number of aromatic hydroxyl groups is 1. The number of hydrazone groups is 1. The predicted molar refractivity (Wildman–Crippen MR) is 105 cm³/mol. The summed E-state index contributed by atoms with van der Waals surface area (Å²) in [6, 6.07) is 11.2. The number of benzene rings is 2. The number of phenols is 1. The second-order valence-corrected chi connectivity index (χ2v) is 6.35. The quantitative estimate of drug-likeness (QED) is 0.371.